The minimum absolute atomic E-state index is 0.179. The molecule has 1 aromatic rings. The molecular formula is C14H19BrN2O. The van der Waals surface area contributed by atoms with Crippen molar-refractivity contribution in [3.05, 3.63) is 28.2 Å². The van der Waals surface area contributed by atoms with Crippen molar-refractivity contribution in [1.29, 1.82) is 0 Å². The van der Waals surface area contributed by atoms with Crippen molar-refractivity contribution < 1.29 is 4.79 Å². The highest BCUT2D eigenvalue weighted by atomic mass is 79.9. The van der Waals surface area contributed by atoms with Gasteiger partial charge in [0.05, 0.1) is 0 Å². The Balaban J connectivity index is 2.03. The van der Waals surface area contributed by atoms with E-state index in [1.54, 1.807) is 0 Å². The molecule has 1 aliphatic rings. The molecule has 1 heterocycles. The molecule has 0 radical (unpaired) electrons. The highest BCUT2D eigenvalue weighted by Crippen LogP contribution is 2.24. The number of nitrogens with zero attached hydrogens (tertiary/aromatic N) is 1. The molecule has 1 fully saturated rings. The summed E-state index contributed by atoms with van der Waals surface area (Å²) in [6, 6.07) is 5.92. The van der Waals surface area contributed by atoms with Gasteiger partial charge in [0, 0.05) is 23.2 Å². The molecule has 0 aromatic heterocycles. The van der Waals surface area contributed by atoms with Gasteiger partial charge in [-0.25, -0.2) is 0 Å². The Bertz CT molecular complexity index is 441. The topological polar surface area (TPSA) is 32.3 Å². The second kappa shape index (κ2) is 5.74. The van der Waals surface area contributed by atoms with Crippen molar-refractivity contribution in [2.24, 2.45) is 0 Å². The van der Waals surface area contributed by atoms with E-state index in [9.17, 15) is 4.79 Å². The van der Waals surface area contributed by atoms with Gasteiger partial charge in [0.25, 0.3) is 0 Å². The molecule has 0 aliphatic carbocycles. The standard InChI is InChI=1S/C14H19BrN2O/c1-10-5-6-12(15)13(9-10)16-11(2)14(18)17-7-3-4-8-17/h5-6,9,11,16H,3-4,7-8H2,1-2H3. The number of hydrogen-bond donors (Lipinski definition) is 1. The van der Waals surface area contributed by atoms with Gasteiger partial charge in [-0.3, -0.25) is 4.79 Å². The number of benzene rings is 1. The fourth-order valence-corrected chi connectivity index (χ4v) is 2.62. The Kier molecular flexibility index (Phi) is 4.27. The Morgan fingerprint density at radius 1 is 1.39 bits per heavy atom. The van der Waals surface area contributed by atoms with E-state index in [-0.39, 0.29) is 11.9 Å². The van der Waals surface area contributed by atoms with Gasteiger partial charge in [0.15, 0.2) is 0 Å². The second-order valence-electron chi connectivity index (χ2n) is 4.88. The first kappa shape index (κ1) is 13.4. The summed E-state index contributed by atoms with van der Waals surface area (Å²) in [5.41, 5.74) is 2.16. The highest BCUT2D eigenvalue weighted by Gasteiger charge is 2.23. The number of carbonyl (C=O) groups is 1. The van der Waals surface area contributed by atoms with Crippen molar-refractivity contribution in [2.45, 2.75) is 32.7 Å². The molecule has 98 valence electrons. The van der Waals surface area contributed by atoms with E-state index in [0.717, 1.165) is 36.1 Å². The second-order valence-corrected chi connectivity index (χ2v) is 5.74. The number of carbonyl (C=O) groups excluding carboxylic acids is 1. The highest BCUT2D eigenvalue weighted by molar-refractivity contribution is 9.10. The molecule has 1 unspecified atom stereocenters. The lowest BCUT2D eigenvalue weighted by atomic mass is 10.2. The van der Waals surface area contributed by atoms with E-state index in [4.69, 9.17) is 0 Å². The molecule has 4 heteroatoms. The zero-order chi connectivity index (χ0) is 13.1. The monoisotopic (exact) mass is 310 g/mol. The largest absolute Gasteiger partial charge is 0.373 e. The van der Waals surface area contributed by atoms with Gasteiger partial charge >= 0.3 is 0 Å². The lowest BCUT2D eigenvalue weighted by molar-refractivity contribution is -0.130. The average molecular weight is 311 g/mol. The van der Waals surface area contributed by atoms with Gasteiger partial charge in [0.2, 0.25) is 5.91 Å². The van der Waals surface area contributed by atoms with Crippen molar-refractivity contribution in [1.82, 2.24) is 4.90 Å². The zero-order valence-electron chi connectivity index (χ0n) is 10.9. The first-order valence-electron chi connectivity index (χ1n) is 6.39. The van der Waals surface area contributed by atoms with Crippen LogP contribution in [0.5, 0.6) is 0 Å². The third-order valence-electron chi connectivity index (χ3n) is 3.28. The maximum Gasteiger partial charge on any atom is 0.244 e. The van der Waals surface area contributed by atoms with Crippen LogP contribution in [0.2, 0.25) is 0 Å². The number of aryl methyl sites for hydroxylation is 1. The molecule has 3 nitrogen and oxygen atoms in total. The quantitative estimate of drug-likeness (QED) is 0.930. The Hall–Kier alpha value is -1.03. The first-order chi connectivity index (χ1) is 8.58. The number of halogens is 1. The molecule has 0 bridgehead atoms. The SMILES string of the molecule is Cc1ccc(Br)c(NC(C)C(=O)N2CCCC2)c1. The van der Waals surface area contributed by atoms with Gasteiger partial charge in [-0.05, 0) is 60.3 Å². The van der Waals surface area contributed by atoms with E-state index in [1.165, 1.54) is 5.56 Å². The van der Waals surface area contributed by atoms with Crippen molar-refractivity contribution >= 4 is 27.5 Å². The maximum absolute atomic E-state index is 12.2. The zero-order valence-corrected chi connectivity index (χ0v) is 12.5. The smallest absolute Gasteiger partial charge is 0.244 e. The van der Waals surface area contributed by atoms with Crippen LogP contribution in [0.15, 0.2) is 22.7 Å². The van der Waals surface area contributed by atoms with Crippen LogP contribution in [0, 0.1) is 6.92 Å². The Labute approximate surface area is 117 Å². The van der Waals surface area contributed by atoms with E-state index >= 15 is 0 Å². The van der Waals surface area contributed by atoms with Gasteiger partial charge in [-0.15, -0.1) is 0 Å². The number of anilines is 1. The summed E-state index contributed by atoms with van der Waals surface area (Å²) in [4.78, 5) is 14.1. The van der Waals surface area contributed by atoms with E-state index < -0.39 is 0 Å². The number of nitrogens with one attached hydrogen (secondary N) is 1. The number of likely N-dealkylation sites (tertiary alicyclic amines) is 1. The Morgan fingerprint density at radius 2 is 2.06 bits per heavy atom. The Morgan fingerprint density at radius 3 is 2.72 bits per heavy atom. The summed E-state index contributed by atoms with van der Waals surface area (Å²) in [5.74, 6) is 0.195. The van der Waals surface area contributed by atoms with Crippen LogP contribution >= 0.6 is 15.9 Å². The summed E-state index contributed by atoms with van der Waals surface area (Å²) in [6.45, 7) is 5.78. The molecule has 1 aromatic carbocycles. The number of hydrogen-bond acceptors (Lipinski definition) is 2. The van der Waals surface area contributed by atoms with Gasteiger partial charge in [-0.2, -0.15) is 0 Å². The van der Waals surface area contributed by atoms with Crippen LogP contribution < -0.4 is 5.32 Å². The van der Waals surface area contributed by atoms with Gasteiger partial charge < -0.3 is 10.2 Å². The summed E-state index contributed by atoms with van der Waals surface area (Å²) in [7, 11) is 0. The van der Waals surface area contributed by atoms with Crippen LogP contribution in [0.25, 0.3) is 0 Å². The predicted molar refractivity (Wildman–Crippen MR) is 77.8 cm³/mol. The van der Waals surface area contributed by atoms with Crippen molar-refractivity contribution in [2.75, 3.05) is 18.4 Å². The predicted octanol–water partition coefficient (Wildman–Crippen LogP) is 3.18. The normalized spacial score (nSPS) is 16.7. The fraction of sp³-hybridized carbons (Fsp3) is 0.500. The molecule has 0 spiro atoms. The van der Waals surface area contributed by atoms with Crippen molar-refractivity contribution in [3.8, 4) is 0 Å². The van der Waals surface area contributed by atoms with Crippen LogP contribution in [0.3, 0.4) is 0 Å². The molecule has 1 N–H and O–H groups in total. The molecule has 2 rings (SSSR count). The minimum atomic E-state index is -0.179. The number of amides is 1. The average Bonchev–Trinajstić information content (AvgIpc) is 2.86. The van der Waals surface area contributed by atoms with Gasteiger partial charge in [0.1, 0.15) is 6.04 Å². The van der Waals surface area contributed by atoms with Gasteiger partial charge in [-0.1, -0.05) is 6.07 Å². The third-order valence-corrected chi connectivity index (χ3v) is 3.97. The van der Waals surface area contributed by atoms with Crippen LogP contribution in [0.1, 0.15) is 25.3 Å². The fourth-order valence-electron chi connectivity index (χ4n) is 2.26. The number of rotatable bonds is 3. The third kappa shape index (κ3) is 3.05. The molecule has 1 saturated heterocycles. The molecule has 1 amide bonds. The summed E-state index contributed by atoms with van der Waals surface area (Å²) >= 11 is 3.50. The first-order valence-corrected chi connectivity index (χ1v) is 7.18. The molecule has 18 heavy (non-hydrogen) atoms. The molecule has 1 aliphatic heterocycles. The lowest BCUT2D eigenvalue weighted by Gasteiger charge is -2.22. The minimum Gasteiger partial charge on any atom is -0.373 e. The van der Waals surface area contributed by atoms with Crippen LogP contribution in [0.4, 0.5) is 5.69 Å². The van der Waals surface area contributed by atoms with Crippen LogP contribution in [-0.4, -0.2) is 29.9 Å². The molecule has 1 atom stereocenters. The van der Waals surface area contributed by atoms with Crippen molar-refractivity contribution in [3.63, 3.8) is 0 Å². The summed E-state index contributed by atoms with van der Waals surface area (Å²) in [6.07, 6.45) is 2.26. The molecular weight excluding hydrogens is 292 g/mol. The lowest BCUT2D eigenvalue weighted by Crippen LogP contribution is -2.39. The van der Waals surface area contributed by atoms with Crippen LogP contribution in [-0.2, 0) is 4.79 Å². The summed E-state index contributed by atoms with van der Waals surface area (Å²) < 4.78 is 0.995. The van der Waals surface area contributed by atoms with E-state index in [1.807, 2.05) is 30.9 Å². The van der Waals surface area contributed by atoms with E-state index in [2.05, 4.69) is 27.3 Å². The summed E-state index contributed by atoms with van der Waals surface area (Å²) in [5, 5.41) is 3.29. The van der Waals surface area contributed by atoms with E-state index in [0.29, 0.717) is 0 Å². The molecule has 0 saturated carbocycles. The maximum atomic E-state index is 12.2.